The minimum absolute atomic E-state index is 0.228. The number of carbonyl (C=O) groups excluding carboxylic acids is 1. The third-order valence-electron chi connectivity index (χ3n) is 2.54. The molecule has 5 heteroatoms. The van der Waals surface area contributed by atoms with E-state index in [1.165, 1.54) is 0 Å². The lowest BCUT2D eigenvalue weighted by Crippen LogP contribution is -2.26. The van der Waals surface area contributed by atoms with E-state index in [0.717, 1.165) is 12.2 Å². The number of nitrogens with two attached hydrogens (primary N) is 1. The molecule has 0 bridgehead atoms. The van der Waals surface area contributed by atoms with Crippen molar-refractivity contribution in [3.63, 3.8) is 0 Å². The summed E-state index contributed by atoms with van der Waals surface area (Å²) in [7, 11) is 0. The number of amides is 1. The Hall–Kier alpha value is -1.91. The van der Waals surface area contributed by atoms with E-state index in [2.05, 4.69) is 0 Å². The summed E-state index contributed by atoms with van der Waals surface area (Å²) in [6, 6.07) is 7.31. The standard InChI is InChI=1S/C12H16N2O3/c13-10-3-1-4-11(9-10)16-7-2-5-14-6-8-17-12(14)15/h1,3-4,9H,2,5-8,13H2. The number of carbonyl (C=O) groups is 1. The summed E-state index contributed by atoms with van der Waals surface area (Å²) < 4.78 is 10.3. The molecule has 1 saturated heterocycles. The van der Waals surface area contributed by atoms with Crippen molar-refractivity contribution in [1.29, 1.82) is 0 Å². The van der Waals surface area contributed by atoms with E-state index in [1.807, 2.05) is 18.2 Å². The molecular formula is C12H16N2O3. The molecule has 1 aromatic carbocycles. The minimum Gasteiger partial charge on any atom is -0.493 e. The van der Waals surface area contributed by atoms with Gasteiger partial charge in [0.15, 0.2) is 0 Å². The zero-order chi connectivity index (χ0) is 12.1. The van der Waals surface area contributed by atoms with Gasteiger partial charge in [0.05, 0.1) is 13.2 Å². The van der Waals surface area contributed by atoms with Gasteiger partial charge < -0.3 is 20.1 Å². The summed E-state index contributed by atoms with van der Waals surface area (Å²) in [4.78, 5) is 12.8. The van der Waals surface area contributed by atoms with Crippen LogP contribution in [0.1, 0.15) is 6.42 Å². The van der Waals surface area contributed by atoms with Gasteiger partial charge in [-0.25, -0.2) is 4.79 Å². The van der Waals surface area contributed by atoms with Gasteiger partial charge in [-0.15, -0.1) is 0 Å². The normalized spacial score (nSPS) is 14.8. The minimum atomic E-state index is -0.228. The van der Waals surface area contributed by atoms with Crippen molar-refractivity contribution in [3.8, 4) is 5.75 Å². The third-order valence-corrected chi connectivity index (χ3v) is 2.54. The Bertz CT molecular complexity index is 395. The molecule has 1 aliphatic heterocycles. The van der Waals surface area contributed by atoms with Crippen LogP contribution in [0.3, 0.4) is 0 Å². The zero-order valence-corrected chi connectivity index (χ0v) is 9.59. The van der Waals surface area contributed by atoms with Gasteiger partial charge in [0.1, 0.15) is 12.4 Å². The van der Waals surface area contributed by atoms with Crippen molar-refractivity contribution in [2.75, 3.05) is 32.0 Å². The number of nitrogens with zero attached hydrogens (tertiary/aromatic N) is 1. The first-order valence-electron chi connectivity index (χ1n) is 5.66. The van der Waals surface area contributed by atoms with Gasteiger partial charge in [-0.05, 0) is 18.6 Å². The number of cyclic esters (lactones) is 1. The summed E-state index contributed by atoms with van der Waals surface area (Å²) in [6.07, 6.45) is 0.554. The van der Waals surface area contributed by atoms with E-state index in [9.17, 15) is 4.79 Å². The van der Waals surface area contributed by atoms with Gasteiger partial charge in [-0.2, -0.15) is 0 Å². The number of nitrogen functional groups attached to an aromatic ring is 1. The third kappa shape index (κ3) is 3.27. The second-order valence-corrected chi connectivity index (χ2v) is 3.88. The molecule has 17 heavy (non-hydrogen) atoms. The van der Waals surface area contributed by atoms with Crippen LogP contribution in [0.25, 0.3) is 0 Å². The molecule has 0 aliphatic carbocycles. The number of hydrogen-bond acceptors (Lipinski definition) is 4. The number of rotatable bonds is 5. The topological polar surface area (TPSA) is 64.8 Å². The molecule has 2 rings (SSSR count). The van der Waals surface area contributed by atoms with Crippen LogP contribution in [0, 0.1) is 0 Å². The molecular weight excluding hydrogens is 220 g/mol. The smallest absolute Gasteiger partial charge is 0.409 e. The lowest BCUT2D eigenvalue weighted by molar-refractivity contribution is 0.156. The Labute approximate surface area is 100 Å². The maximum Gasteiger partial charge on any atom is 0.409 e. The van der Waals surface area contributed by atoms with E-state index >= 15 is 0 Å². The SMILES string of the molecule is Nc1cccc(OCCCN2CCOC2=O)c1. The molecule has 0 radical (unpaired) electrons. The van der Waals surface area contributed by atoms with Gasteiger partial charge in [0.2, 0.25) is 0 Å². The molecule has 92 valence electrons. The maximum atomic E-state index is 11.1. The van der Waals surface area contributed by atoms with E-state index in [0.29, 0.717) is 32.0 Å². The predicted octanol–water partition coefficient (Wildman–Crippen LogP) is 1.49. The van der Waals surface area contributed by atoms with Gasteiger partial charge >= 0.3 is 6.09 Å². The predicted molar refractivity (Wildman–Crippen MR) is 63.9 cm³/mol. The van der Waals surface area contributed by atoms with Gasteiger partial charge in [0, 0.05) is 18.3 Å². The van der Waals surface area contributed by atoms with Crippen molar-refractivity contribution in [3.05, 3.63) is 24.3 Å². The fraction of sp³-hybridized carbons (Fsp3) is 0.417. The molecule has 1 amide bonds. The first kappa shape index (κ1) is 11.6. The molecule has 0 spiro atoms. The lowest BCUT2D eigenvalue weighted by Gasteiger charge is -2.12. The summed E-state index contributed by atoms with van der Waals surface area (Å²) in [5, 5.41) is 0. The van der Waals surface area contributed by atoms with E-state index in [1.54, 1.807) is 11.0 Å². The van der Waals surface area contributed by atoms with Crippen molar-refractivity contribution < 1.29 is 14.3 Å². The van der Waals surface area contributed by atoms with Crippen molar-refractivity contribution in [1.82, 2.24) is 4.90 Å². The fourth-order valence-corrected chi connectivity index (χ4v) is 1.68. The van der Waals surface area contributed by atoms with Crippen molar-refractivity contribution in [2.24, 2.45) is 0 Å². The van der Waals surface area contributed by atoms with E-state index in [-0.39, 0.29) is 6.09 Å². The fourth-order valence-electron chi connectivity index (χ4n) is 1.68. The molecule has 1 heterocycles. The average molecular weight is 236 g/mol. The number of hydrogen-bond donors (Lipinski definition) is 1. The first-order valence-corrected chi connectivity index (χ1v) is 5.66. The van der Waals surface area contributed by atoms with Crippen molar-refractivity contribution >= 4 is 11.8 Å². The molecule has 1 fully saturated rings. The lowest BCUT2D eigenvalue weighted by atomic mass is 10.3. The first-order chi connectivity index (χ1) is 8.25. The van der Waals surface area contributed by atoms with Crippen LogP contribution in [0.5, 0.6) is 5.75 Å². The molecule has 0 atom stereocenters. The Balaban J connectivity index is 1.68. The second kappa shape index (κ2) is 5.43. The molecule has 0 aromatic heterocycles. The van der Waals surface area contributed by atoms with Gasteiger partial charge in [0.25, 0.3) is 0 Å². The van der Waals surface area contributed by atoms with Crippen LogP contribution >= 0.6 is 0 Å². The highest BCUT2D eigenvalue weighted by molar-refractivity contribution is 5.69. The van der Waals surface area contributed by atoms with Crippen LogP contribution in [-0.4, -0.2) is 37.3 Å². The van der Waals surface area contributed by atoms with E-state index < -0.39 is 0 Å². The maximum absolute atomic E-state index is 11.1. The number of benzene rings is 1. The van der Waals surface area contributed by atoms with Crippen LogP contribution in [0.15, 0.2) is 24.3 Å². The molecule has 0 saturated carbocycles. The molecule has 2 N–H and O–H groups in total. The summed E-state index contributed by atoms with van der Waals surface area (Å²) in [6.45, 7) is 2.40. The molecule has 0 unspecified atom stereocenters. The van der Waals surface area contributed by atoms with Gasteiger partial charge in [-0.3, -0.25) is 0 Å². The van der Waals surface area contributed by atoms with Crippen LogP contribution < -0.4 is 10.5 Å². The largest absolute Gasteiger partial charge is 0.493 e. The van der Waals surface area contributed by atoms with E-state index in [4.69, 9.17) is 15.2 Å². The van der Waals surface area contributed by atoms with Crippen LogP contribution in [-0.2, 0) is 4.74 Å². The van der Waals surface area contributed by atoms with Gasteiger partial charge in [-0.1, -0.05) is 6.07 Å². The van der Waals surface area contributed by atoms with Crippen molar-refractivity contribution in [2.45, 2.75) is 6.42 Å². The van der Waals surface area contributed by atoms with Crippen LogP contribution in [0.2, 0.25) is 0 Å². The Morgan fingerprint density at radius 3 is 3.06 bits per heavy atom. The number of ether oxygens (including phenoxy) is 2. The summed E-state index contributed by atoms with van der Waals surface area (Å²) in [5.41, 5.74) is 6.32. The number of anilines is 1. The molecule has 1 aliphatic rings. The highest BCUT2D eigenvalue weighted by atomic mass is 16.6. The Kier molecular flexibility index (Phi) is 3.69. The molecule has 1 aromatic rings. The quantitative estimate of drug-likeness (QED) is 0.621. The summed E-state index contributed by atoms with van der Waals surface area (Å²) in [5.74, 6) is 0.758. The Morgan fingerprint density at radius 1 is 1.47 bits per heavy atom. The van der Waals surface area contributed by atoms with Crippen LogP contribution in [0.4, 0.5) is 10.5 Å². The Morgan fingerprint density at radius 2 is 2.35 bits per heavy atom. The second-order valence-electron chi connectivity index (χ2n) is 3.88. The zero-order valence-electron chi connectivity index (χ0n) is 9.59. The molecule has 5 nitrogen and oxygen atoms in total. The highest BCUT2D eigenvalue weighted by Gasteiger charge is 2.20. The summed E-state index contributed by atoms with van der Waals surface area (Å²) >= 11 is 0. The highest BCUT2D eigenvalue weighted by Crippen LogP contribution is 2.14. The monoisotopic (exact) mass is 236 g/mol. The average Bonchev–Trinajstić information content (AvgIpc) is 2.71.